The van der Waals surface area contributed by atoms with E-state index in [1.165, 1.54) is 19.1 Å². The van der Waals surface area contributed by atoms with E-state index < -0.39 is 11.7 Å². The van der Waals surface area contributed by atoms with E-state index in [1.807, 2.05) is 0 Å². The molecule has 0 aromatic heterocycles. The summed E-state index contributed by atoms with van der Waals surface area (Å²) < 4.78 is 37.4. The molecule has 0 saturated heterocycles. The molecule has 1 aromatic rings. The molecule has 0 bridgehead atoms. The number of benzene rings is 1. The maximum Gasteiger partial charge on any atom is 0.416 e. The summed E-state index contributed by atoms with van der Waals surface area (Å²) in [5.41, 5.74) is -0.176. The van der Waals surface area contributed by atoms with Crippen molar-refractivity contribution >= 4 is 5.78 Å². The smallest absolute Gasteiger partial charge is 0.295 e. The first-order valence-corrected chi connectivity index (χ1v) is 4.57. The number of hydrogen-bond donors (Lipinski definition) is 0. The van der Waals surface area contributed by atoms with Crippen molar-refractivity contribution in [1.82, 2.24) is 0 Å². The monoisotopic (exact) mass is 216 g/mol. The summed E-state index contributed by atoms with van der Waals surface area (Å²) in [6.07, 6.45) is -4.09. The summed E-state index contributed by atoms with van der Waals surface area (Å²) in [6.45, 7) is 2.97. The Labute approximate surface area is 85.9 Å². The molecule has 0 aliphatic carbocycles. The van der Waals surface area contributed by atoms with Gasteiger partial charge in [0, 0.05) is 5.56 Å². The van der Waals surface area contributed by atoms with Gasteiger partial charge in [-0.3, -0.25) is 4.79 Å². The summed E-state index contributed by atoms with van der Waals surface area (Å²) in [4.78, 5) is 11.0. The van der Waals surface area contributed by atoms with E-state index in [4.69, 9.17) is 0 Å². The summed E-state index contributed by atoms with van der Waals surface area (Å²) in [5, 5.41) is 0. The molecule has 0 amide bonds. The highest BCUT2D eigenvalue weighted by atomic mass is 19.4. The molecule has 0 aliphatic rings. The number of carbonyl (C=O) groups excluding carboxylic acids is 1. The fourth-order valence-corrected chi connectivity index (χ4v) is 1.38. The third-order valence-electron chi connectivity index (χ3n) is 2.20. The number of Topliss-reactive ketones (excluding diaryl/α,β-unsaturated/α-hetero) is 1. The Kier molecular flexibility index (Phi) is 3.17. The molecule has 15 heavy (non-hydrogen) atoms. The molecule has 0 aliphatic heterocycles. The van der Waals surface area contributed by atoms with Crippen molar-refractivity contribution in [3.05, 3.63) is 34.9 Å². The van der Waals surface area contributed by atoms with E-state index in [0.717, 1.165) is 6.07 Å². The highest BCUT2D eigenvalue weighted by molar-refractivity contribution is 5.94. The number of hydrogen-bond acceptors (Lipinski definition) is 1. The molecule has 0 N–H and O–H groups in total. The van der Waals surface area contributed by atoms with E-state index >= 15 is 0 Å². The molecule has 82 valence electrons. The molecule has 1 aromatic carbocycles. The van der Waals surface area contributed by atoms with Crippen molar-refractivity contribution in [2.45, 2.75) is 26.4 Å². The highest BCUT2D eigenvalue weighted by Crippen LogP contribution is 2.32. The predicted octanol–water partition coefficient (Wildman–Crippen LogP) is 3.47. The molecule has 0 saturated carbocycles. The van der Waals surface area contributed by atoms with Crippen LogP contribution in [0.5, 0.6) is 0 Å². The third-order valence-corrected chi connectivity index (χ3v) is 2.20. The van der Waals surface area contributed by atoms with E-state index in [0.29, 0.717) is 5.56 Å². The first kappa shape index (κ1) is 11.8. The first-order chi connectivity index (χ1) is 6.86. The van der Waals surface area contributed by atoms with E-state index in [-0.39, 0.29) is 17.8 Å². The molecular formula is C11H11F3O. The average molecular weight is 216 g/mol. The van der Waals surface area contributed by atoms with E-state index in [2.05, 4.69) is 0 Å². The van der Waals surface area contributed by atoms with E-state index in [1.54, 1.807) is 6.92 Å². The van der Waals surface area contributed by atoms with Gasteiger partial charge in [-0.05, 0) is 31.0 Å². The van der Waals surface area contributed by atoms with Gasteiger partial charge in [0.1, 0.15) is 0 Å². The normalized spacial score (nSPS) is 11.5. The molecule has 0 unspecified atom stereocenters. The maximum atomic E-state index is 12.5. The Morgan fingerprint density at radius 1 is 1.33 bits per heavy atom. The lowest BCUT2D eigenvalue weighted by molar-refractivity contribution is -0.138. The van der Waals surface area contributed by atoms with Gasteiger partial charge in [0.25, 0.3) is 0 Å². The van der Waals surface area contributed by atoms with Gasteiger partial charge in [-0.15, -0.1) is 0 Å². The SMILES string of the molecule is CCc1cc(C(C)=O)ccc1C(F)(F)F. The van der Waals surface area contributed by atoms with Crippen molar-refractivity contribution in [2.75, 3.05) is 0 Å². The van der Waals surface area contributed by atoms with Gasteiger partial charge in [0.05, 0.1) is 5.56 Å². The summed E-state index contributed by atoms with van der Waals surface area (Å²) in [6, 6.07) is 3.49. The van der Waals surface area contributed by atoms with Crippen LogP contribution in [0.4, 0.5) is 13.2 Å². The van der Waals surface area contributed by atoms with Gasteiger partial charge in [-0.2, -0.15) is 13.2 Å². The maximum absolute atomic E-state index is 12.5. The number of halogens is 3. The van der Waals surface area contributed by atoms with Crippen molar-refractivity contribution in [2.24, 2.45) is 0 Å². The summed E-state index contributed by atoms with van der Waals surface area (Å²) in [7, 11) is 0. The minimum atomic E-state index is -4.35. The number of alkyl halides is 3. The number of rotatable bonds is 2. The lowest BCUT2D eigenvalue weighted by atomic mass is 10.00. The zero-order valence-electron chi connectivity index (χ0n) is 8.48. The van der Waals surface area contributed by atoms with Gasteiger partial charge < -0.3 is 0 Å². The van der Waals surface area contributed by atoms with Gasteiger partial charge in [-0.25, -0.2) is 0 Å². The van der Waals surface area contributed by atoms with Crippen LogP contribution < -0.4 is 0 Å². The summed E-state index contributed by atoms with van der Waals surface area (Å²) >= 11 is 0. The van der Waals surface area contributed by atoms with Crippen molar-refractivity contribution in [3.63, 3.8) is 0 Å². The van der Waals surface area contributed by atoms with Gasteiger partial charge >= 0.3 is 6.18 Å². The molecule has 0 atom stereocenters. The summed E-state index contributed by atoms with van der Waals surface area (Å²) in [5.74, 6) is -0.224. The Hall–Kier alpha value is -1.32. The largest absolute Gasteiger partial charge is 0.416 e. The second kappa shape index (κ2) is 4.04. The molecule has 4 heteroatoms. The molecule has 1 rings (SSSR count). The fraction of sp³-hybridized carbons (Fsp3) is 0.364. The van der Waals surface area contributed by atoms with Crippen LogP contribution in [0.2, 0.25) is 0 Å². The molecular weight excluding hydrogens is 205 g/mol. The Morgan fingerprint density at radius 2 is 1.93 bits per heavy atom. The predicted molar refractivity (Wildman–Crippen MR) is 50.8 cm³/mol. The first-order valence-electron chi connectivity index (χ1n) is 4.57. The standard InChI is InChI=1S/C11H11F3O/c1-3-8-6-9(7(2)15)4-5-10(8)11(12,13)14/h4-6H,3H2,1-2H3. The van der Waals surface area contributed by atoms with Crippen molar-refractivity contribution in [1.29, 1.82) is 0 Å². The minimum absolute atomic E-state index is 0.162. The second-order valence-electron chi connectivity index (χ2n) is 3.28. The third kappa shape index (κ3) is 2.58. The Bertz CT molecular complexity index is 380. The lowest BCUT2D eigenvalue weighted by Gasteiger charge is -2.12. The highest BCUT2D eigenvalue weighted by Gasteiger charge is 2.32. The molecule has 0 radical (unpaired) electrons. The van der Waals surface area contributed by atoms with Crippen LogP contribution in [-0.4, -0.2) is 5.78 Å². The van der Waals surface area contributed by atoms with Crippen LogP contribution in [0.3, 0.4) is 0 Å². The van der Waals surface area contributed by atoms with Gasteiger partial charge in [0.15, 0.2) is 5.78 Å². The topological polar surface area (TPSA) is 17.1 Å². The molecule has 0 heterocycles. The quantitative estimate of drug-likeness (QED) is 0.692. The molecule has 0 fully saturated rings. The van der Waals surface area contributed by atoms with Crippen LogP contribution >= 0.6 is 0 Å². The van der Waals surface area contributed by atoms with Crippen molar-refractivity contribution < 1.29 is 18.0 Å². The number of ketones is 1. The van der Waals surface area contributed by atoms with Crippen LogP contribution in [-0.2, 0) is 12.6 Å². The van der Waals surface area contributed by atoms with Crippen LogP contribution in [0.1, 0.15) is 35.3 Å². The van der Waals surface area contributed by atoms with Crippen LogP contribution in [0.25, 0.3) is 0 Å². The zero-order valence-corrected chi connectivity index (χ0v) is 8.48. The lowest BCUT2D eigenvalue weighted by Crippen LogP contribution is -2.09. The zero-order chi connectivity index (χ0) is 11.6. The average Bonchev–Trinajstić information content (AvgIpc) is 2.15. The molecule has 1 nitrogen and oxygen atoms in total. The Morgan fingerprint density at radius 3 is 2.33 bits per heavy atom. The second-order valence-corrected chi connectivity index (χ2v) is 3.28. The number of carbonyl (C=O) groups is 1. The minimum Gasteiger partial charge on any atom is -0.295 e. The van der Waals surface area contributed by atoms with E-state index in [9.17, 15) is 18.0 Å². The number of aryl methyl sites for hydroxylation is 1. The van der Waals surface area contributed by atoms with Gasteiger partial charge in [-0.1, -0.05) is 13.0 Å². The Balaban J connectivity index is 3.27. The van der Waals surface area contributed by atoms with Crippen LogP contribution in [0, 0.1) is 0 Å². The van der Waals surface area contributed by atoms with Crippen molar-refractivity contribution in [3.8, 4) is 0 Å². The van der Waals surface area contributed by atoms with Gasteiger partial charge in [0.2, 0.25) is 0 Å². The fourth-order valence-electron chi connectivity index (χ4n) is 1.38. The molecule has 0 spiro atoms. The van der Waals surface area contributed by atoms with Crippen LogP contribution in [0.15, 0.2) is 18.2 Å².